The molecule has 3 nitrogen and oxygen atoms in total. The molecule has 0 saturated heterocycles. The third-order valence-corrected chi connectivity index (χ3v) is 5.29. The highest BCUT2D eigenvalue weighted by Crippen LogP contribution is 2.48. The van der Waals surface area contributed by atoms with Gasteiger partial charge in [0.05, 0.1) is 11.7 Å². The van der Waals surface area contributed by atoms with Gasteiger partial charge in [0.2, 0.25) is 0 Å². The van der Waals surface area contributed by atoms with E-state index in [1.807, 2.05) is 12.2 Å². The fourth-order valence-corrected chi connectivity index (χ4v) is 3.84. The van der Waals surface area contributed by atoms with Gasteiger partial charge in [-0.25, -0.2) is 0 Å². The van der Waals surface area contributed by atoms with E-state index in [-0.39, 0.29) is 23.5 Å². The largest absolute Gasteiger partial charge is 0.392 e. The molecule has 0 radical (unpaired) electrons. The number of hydrogen-bond acceptors (Lipinski definition) is 3. The van der Waals surface area contributed by atoms with Crippen LogP contribution in [0.5, 0.6) is 0 Å². The van der Waals surface area contributed by atoms with Gasteiger partial charge in [0.25, 0.3) is 0 Å². The van der Waals surface area contributed by atoms with Crippen molar-refractivity contribution >= 4 is 5.78 Å². The number of rotatable bonds is 7. The number of carbonyl (C=O) groups is 1. The van der Waals surface area contributed by atoms with E-state index in [1.54, 1.807) is 6.08 Å². The maximum atomic E-state index is 12.0. The Balaban J connectivity index is 1.99. The van der Waals surface area contributed by atoms with E-state index >= 15 is 0 Å². The number of carbonyl (C=O) groups excluding carboxylic acids is 1. The van der Waals surface area contributed by atoms with Crippen molar-refractivity contribution in [2.75, 3.05) is 0 Å². The Kier molecular flexibility index (Phi) is 5.41. The van der Waals surface area contributed by atoms with Crippen molar-refractivity contribution in [3.63, 3.8) is 0 Å². The molecule has 2 aliphatic carbocycles. The molecule has 22 heavy (non-hydrogen) atoms. The molecular weight excluding hydrogens is 276 g/mol. The van der Waals surface area contributed by atoms with Crippen molar-refractivity contribution in [3.05, 3.63) is 37.0 Å². The molecule has 2 aliphatic rings. The second-order valence-corrected chi connectivity index (χ2v) is 6.87. The quantitative estimate of drug-likeness (QED) is 0.561. The minimum absolute atomic E-state index is 0.00607. The number of ketones is 1. The summed E-state index contributed by atoms with van der Waals surface area (Å²) in [5.74, 6) is 0.244. The highest BCUT2D eigenvalue weighted by atomic mass is 16.3. The van der Waals surface area contributed by atoms with Crippen LogP contribution < -0.4 is 0 Å². The van der Waals surface area contributed by atoms with Crippen LogP contribution in [0.3, 0.4) is 0 Å². The number of aliphatic hydroxyl groups excluding tert-OH is 1. The summed E-state index contributed by atoms with van der Waals surface area (Å²) in [6.45, 7) is 9.67. The lowest BCUT2D eigenvalue weighted by Gasteiger charge is -2.23. The topological polar surface area (TPSA) is 57.5 Å². The zero-order valence-electron chi connectivity index (χ0n) is 13.5. The average molecular weight is 304 g/mol. The van der Waals surface area contributed by atoms with Gasteiger partial charge in [0.1, 0.15) is 0 Å². The molecule has 0 heterocycles. The summed E-state index contributed by atoms with van der Waals surface area (Å²) in [5.41, 5.74) is -0.171. The average Bonchev–Trinajstić information content (AvgIpc) is 2.94. The lowest BCUT2D eigenvalue weighted by molar-refractivity contribution is -0.118. The van der Waals surface area contributed by atoms with Crippen molar-refractivity contribution in [2.24, 2.45) is 17.8 Å². The molecule has 0 aromatic rings. The summed E-state index contributed by atoms with van der Waals surface area (Å²) in [6.07, 6.45) is 9.52. The van der Waals surface area contributed by atoms with Crippen LogP contribution >= 0.6 is 0 Å². The van der Waals surface area contributed by atoms with E-state index in [1.165, 1.54) is 0 Å². The van der Waals surface area contributed by atoms with Crippen LogP contribution in [0.15, 0.2) is 37.0 Å². The number of allylic oxidation sites excluding steroid dienone is 1. The second kappa shape index (κ2) is 6.93. The predicted octanol–water partition coefficient (Wildman–Crippen LogP) is 3.18. The van der Waals surface area contributed by atoms with Gasteiger partial charge in [0.15, 0.2) is 5.78 Å². The highest BCUT2D eigenvalue weighted by Gasteiger charge is 2.49. The van der Waals surface area contributed by atoms with E-state index < -0.39 is 11.7 Å². The van der Waals surface area contributed by atoms with Crippen LogP contribution in [0, 0.1) is 17.8 Å². The summed E-state index contributed by atoms with van der Waals surface area (Å²) in [7, 11) is 0. The first-order valence-electron chi connectivity index (χ1n) is 8.34. The molecule has 2 saturated carbocycles. The van der Waals surface area contributed by atoms with Crippen molar-refractivity contribution in [1.82, 2.24) is 0 Å². The molecule has 0 aromatic carbocycles. The molecule has 122 valence electrons. The van der Waals surface area contributed by atoms with Crippen LogP contribution in [0.25, 0.3) is 0 Å². The first-order chi connectivity index (χ1) is 10.4. The van der Waals surface area contributed by atoms with Gasteiger partial charge in [-0.2, -0.15) is 0 Å². The monoisotopic (exact) mass is 304 g/mol. The van der Waals surface area contributed by atoms with Crippen LogP contribution in [-0.4, -0.2) is 27.7 Å². The molecule has 0 aliphatic heterocycles. The standard InChI is InChI=1S/C19H28O3/c1-4-6-9-19(22,5-2)10-7-8-14-15-11-13(3)18(21)16(15)12-17(14)20/h5,7-8,14-17,20,22H,2-4,6,9-12H2,1H3/b8-7+/t14-,15-,16-,17+,19?/m0/s1. The second-order valence-electron chi connectivity index (χ2n) is 6.87. The van der Waals surface area contributed by atoms with Gasteiger partial charge in [-0.1, -0.05) is 44.6 Å². The summed E-state index contributed by atoms with van der Waals surface area (Å²) < 4.78 is 0. The Labute approximate surface area is 133 Å². The third-order valence-electron chi connectivity index (χ3n) is 5.29. The summed E-state index contributed by atoms with van der Waals surface area (Å²) in [5, 5.41) is 20.7. The van der Waals surface area contributed by atoms with Gasteiger partial charge in [-0.05, 0) is 37.2 Å². The van der Waals surface area contributed by atoms with Crippen molar-refractivity contribution in [1.29, 1.82) is 0 Å². The van der Waals surface area contributed by atoms with Crippen LogP contribution in [0.1, 0.15) is 45.4 Å². The highest BCUT2D eigenvalue weighted by molar-refractivity contribution is 5.99. The van der Waals surface area contributed by atoms with E-state index in [4.69, 9.17) is 0 Å². The Morgan fingerprint density at radius 3 is 2.82 bits per heavy atom. The lowest BCUT2D eigenvalue weighted by Crippen LogP contribution is -2.24. The van der Waals surface area contributed by atoms with Crippen LogP contribution in [-0.2, 0) is 4.79 Å². The Morgan fingerprint density at radius 2 is 2.18 bits per heavy atom. The third kappa shape index (κ3) is 3.41. The van der Waals surface area contributed by atoms with E-state index in [0.29, 0.717) is 31.3 Å². The molecule has 0 bridgehead atoms. The molecule has 0 aromatic heterocycles. The zero-order chi connectivity index (χ0) is 16.3. The van der Waals surface area contributed by atoms with Gasteiger partial charge in [-0.15, -0.1) is 6.58 Å². The zero-order valence-corrected chi connectivity index (χ0v) is 13.5. The molecule has 2 rings (SSSR count). The summed E-state index contributed by atoms with van der Waals surface area (Å²) in [4.78, 5) is 12.0. The van der Waals surface area contributed by atoms with Gasteiger partial charge in [0, 0.05) is 11.8 Å². The van der Waals surface area contributed by atoms with Crippen molar-refractivity contribution < 1.29 is 15.0 Å². The van der Waals surface area contributed by atoms with Gasteiger partial charge >= 0.3 is 0 Å². The summed E-state index contributed by atoms with van der Waals surface area (Å²) >= 11 is 0. The molecule has 1 unspecified atom stereocenters. The number of aliphatic hydroxyl groups is 2. The molecule has 0 amide bonds. The maximum Gasteiger partial charge on any atom is 0.161 e. The predicted molar refractivity (Wildman–Crippen MR) is 88.3 cm³/mol. The number of unbranched alkanes of at least 4 members (excludes halogenated alkanes) is 1. The van der Waals surface area contributed by atoms with E-state index in [0.717, 1.165) is 12.8 Å². The SMILES string of the molecule is C=CC(O)(C/C=C/[C@H]1[C@@H]2CC(=C)C(=O)[C@H]2C[C@H]1O)CCCC. The fraction of sp³-hybridized carbons (Fsp3) is 0.632. The minimum Gasteiger partial charge on any atom is -0.392 e. The molecule has 0 spiro atoms. The molecular formula is C19H28O3. The Hall–Kier alpha value is -1.19. The first-order valence-corrected chi connectivity index (χ1v) is 8.34. The normalized spacial score (nSPS) is 34.1. The molecule has 2 fully saturated rings. The molecule has 5 atom stereocenters. The molecule has 3 heteroatoms. The van der Waals surface area contributed by atoms with Crippen molar-refractivity contribution in [2.45, 2.75) is 57.2 Å². The lowest BCUT2D eigenvalue weighted by atomic mass is 9.88. The van der Waals surface area contributed by atoms with Gasteiger partial charge in [-0.3, -0.25) is 4.79 Å². The molecule has 2 N–H and O–H groups in total. The Bertz CT molecular complexity index is 479. The summed E-state index contributed by atoms with van der Waals surface area (Å²) in [6, 6.07) is 0. The number of hydrogen-bond donors (Lipinski definition) is 2. The smallest absolute Gasteiger partial charge is 0.161 e. The maximum absolute atomic E-state index is 12.0. The van der Waals surface area contributed by atoms with E-state index in [2.05, 4.69) is 20.1 Å². The number of Topliss-reactive ketones (excluding diaryl/α,β-unsaturated/α-hetero) is 1. The Morgan fingerprint density at radius 1 is 1.45 bits per heavy atom. The number of fused-ring (bicyclic) bond motifs is 1. The van der Waals surface area contributed by atoms with Crippen LogP contribution in [0.2, 0.25) is 0 Å². The first kappa shape index (κ1) is 17.2. The fourth-order valence-electron chi connectivity index (χ4n) is 3.84. The van der Waals surface area contributed by atoms with Crippen molar-refractivity contribution in [3.8, 4) is 0 Å². The van der Waals surface area contributed by atoms with E-state index in [9.17, 15) is 15.0 Å². The van der Waals surface area contributed by atoms with Gasteiger partial charge < -0.3 is 10.2 Å². The van der Waals surface area contributed by atoms with Crippen LogP contribution in [0.4, 0.5) is 0 Å². The minimum atomic E-state index is -0.870.